The van der Waals surface area contributed by atoms with Crippen molar-refractivity contribution in [2.75, 3.05) is 26.4 Å². The van der Waals surface area contributed by atoms with Crippen molar-refractivity contribution in [1.82, 2.24) is 5.32 Å². The highest BCUT2D eigenvalue weighted by molar-refractivity contribution is 5.76. The molecule has 1 aliphatic rings. The smallest absolute Gasteiger partial charge is 0.220 e. The van der Waals surface area contributed by atoms with E-state index in [0.29, 0.717) is 13.0 Å². The van der Waals surface area contributed by atoms with Crippen molar-refractivity contribution in [3.8, 4) is 0 Å². The summed E-state index contributed by atoms with van der Waals surface area (Å²) in [6.45, 7) is 4.88. The zero-order valence-corrected chi connectivity index (χ0v) is 33.9. The molecule has 0 spiro atoms. The largest absolute Gasteiger partial charge is 0.394 e. The van der Waals surface area contributed by atoms with Gasteiger partial charge in [0.2, 0.25) is 5.91 Å². The van der Waals surface area contributed by atoms with Crippen LogP contribution in [0.4, 0.5) is 0 Å². The van der Waals surface area contributed by atoms with Crippen molar-refractivity contribution in [3.05, 3.63) is 0 Å². The topological polar surface area (TPSA) is 138 Å². The number of hydrogen-bond acceptors (Lipinski definition) is 8. The first-order chi connectivity index (χ1) is 25.4. The fourth-order valence-electron chi connectivity index (χ4n) is 7.13. The summed E-state index contributed by atoms with van der Waals surface area (Å²) in [5.41, 5.74) is 0. The minimum Gasteiger partial charge on any atom is -0.394 e. The number of aliphatic hydroxyl groups excluding tert-OH is 4. The predicted molar refractivity (Wildman–Crippen MR) is 212 cm³/mol. The Morgan fingerprint density at radius 2 is 0.962 bits per heavy atom. The summed E-state index contributed by atoms with van der Waals surface area (Å²) in [6.07, 6.45) is 31.1. The SMILES string of the molecule is CCCCCCCCCCCCCCCCCC(=O)NC(COCCCCCCCCCCCCCCCC)CO[C@@H]1O[C@H](CO)[C@H](O)[C@H](O)[C@H]1O. The number of nitrogens with one attached hydrogen (secondary N) is 1. The Bertz CT molecular complexity index is 771. The maximum atomic E-state index is 12.9. The summed E-state index contributed by atoms with van der Waals surface area (Å²) < 4.78 is 17.2. The Balaban J connectivity index is 2.26. The molecular weight excluding hydrogens is 658 g/mol. The summed E-state index contributed by atoms with van der Waals surface area (Å²) in [6, 6.07) is -0.456. The third-order valence-corrected chi connectivity index (χ3v) is 10.6. The molecule has 0 saturated carbocycles. The summed E-state index contributed by atoms with van der Waals surface area (Å²) in [4.78, 5) is 12.9. The Hall–Kier alpha value is -0.810. The van der Waals surface area contributed by atoms with Crippen LogP contribution in [0, 0.1) is 0 Å². The third-order valence-electron chi connectivity index (χ3n) is 10.6. The molecule has 1 unspecified atom stereocenters. The van der Waals surface area contributed by atoms with Crippen LogP contribution >= 0.6 is 0 Å². The number of aliphatic hydroxyl groups is 4. The molecule has 6 atom stereocenters. The van der Waals surface area contributed by atoms with Crippen molar-refractivity contribution < 1.29 is 39.4 Å². The highest BCUT2D eigenvalue weighted by atomic mass is 16.7. The van der Waals surface area contributed by atoms with Crippen LogP contribution in [0.3, 0.4) is 0 Å². The minimum absolute atomic E-state index is 0.00598. The van der Waals surface area contributed by atoms with Crippen LogP contribution in [-0.2, 0) is 19.0 Å². The van der Waals surface area contributed by atoms with Crippen molar-refractivity contribution >= 4 is 5.91 Å². The molecule has 1 fully saturated rings. The van der Waals surface area contributed by atoms with E-state index in [0.717, 1.165) is 32.1 Å². The summed E-state index contributed by atoms with van der Waals surface area (Å²) in [7, 11) is 0. The van der Waals surface area contributed by atoms with Gasteiger partial charge in [0.25, 0.3) is 0 Å². The minimum atomic E-state index is -1.51. The van der Waals surface area contributed by atoms with Crippen LogP contribution in [0.15, 0.2) is 0 Å². The molecule has 0 radical (unpaired) electrons. The van der Waals surface area contributed by atoms with E-state index in [1.807, 2.05) is 0 Å². The molecule has 1 saturated heterocycles. The second kappa shape index (κ2) is 35.9. The molecule has 52 heavy (non-hydrogen) atoms. The predicted octanol–water partition coefficient (Wildman–Crippen LogP) is 9.05. The number of ether oxygens (including phenoxy) is 3. The van der Waals surface area contributed by atoms with Crippen LogP contribution < -0.4 is 5.32 Å². The van der Waals surface area contributed by atoms with Gasteiger partial charge in [-0.15, -0.1) is 0 Å². The Morgan fingerprint density at radius 1 is 0.558 bits per heavy atom. The zero-order chi connectivity index (χ0) is 37.9. The second-order valence-corrected chi connectivity index (χ2v) is 15.7. The molecule has 0 bridgehead atoms. The normalized spacial score (nSPS) is 21.1. The van der Waals surface area contributed by atoms with Gasteiger partial charge in [-0.1, -0.05) is 187 Å². The van der Waals surface area contributed by atoms with Crippen LogP contribution in [0.2, 0.25) is 0 Å². The molecule has 1 aliphatic heterocycles. The molecule has 0 aromatic heterocycles. The molecule has 0 aromatic rings. The summed E-state index contributed by atoms with van der Waals surface area (Å²) in [5.74, 6) is -0.0582. The maximum absolute atomic E-state index is 12.9. The lowest BCUT2D eigenvalue weighted by Crippen LogP contribution is -2.59. The summed E-state index contributed by atoms with van der Waals surface area (Å²) in [5, 5.41) is 43.1. The van der Waals surface area contributed by atoms with E-state index in [9.17, 15) is 25.2 Å². The highest BCUT2D eigenvalue weighted by Crippen LogP contribution is 2.22. The van der Waals surface area contributed by atoms with E-state index in [1.54, 1.807) is 0 Å². The number of carbonyl (C=O) groups excluding carboxylic acids is 1. The molecular formula is C43H85NO8. The standard InChI is InChI=1S/C43H85NO8/c1-3-5-7-9-11-13-15-17-19-20-22-24-26-28-30-32-39(46)44-37(36-51-43-42(49)41(48)40(47)38(34-45)52-43)35-50-33-31-29-27-25-23-21-18-16-14-12-10-8-6-4-2/h37-38,40-43,45,47-49H,3-36H2,1-2H3,(H,44,46)/t37?,38-,40+,41+,42-,43-/m1/s1. The van der Waals surface area contributed by atoms with E-state index in [2.05, 4.69) is 19.2 Å². The van der Waals surface area contributed by atoms with Crippen molar-refractivity contribution in [2.24, 2.45) is 0 Å². The highest BCUT2D eigenvalue weighted by Gasteiger charge is 2.44. The van der Waals surface area contributed by atoms with Gasteiger partial charge in [0.05, 0.1) is 25.9 Å². The maximum Gasteiger partial charge on any atom is 0.220 e. The van der Waals surface area contributed by atoms with Crippen LogP contribution in [0.5, 0.6) is 0 Å². The number of unbranched alkanes of at least 4 members (excludes halogenated alkanes) is 27. The van der Waals surface area contributed by atoms with Gasteiger partial charge in [0, 0.05) is 13.0 Å². The Kier molecular flexibility index (Phi) is 33.9. The fourth-order valence-corrected chi connectivity index (χ4v) is 7.13. The van der Waals surface area contributed by atoms with Gasteiger partial charge in [0.1, 0.15) is 24.4 Å². The monoisotopic (exact) mass is 744 g/mol. The van der Waals surface area contributed by atoms with E-state index < -0.39 is 43.4 Å². The van der Waals surface area contributed by atoms with Crippen LogP contribution in [-0.4, -0.2) is 89.5 Å². The van der Waals surface area contributed by atoms with Crippen molar-refractivity contribution in [2.45, 2.75) is 243 Å². The summed E-state index contributed by atoms with van der Waals surface area (Å²) >= 11 is 0. The second-order valence-electron chi connectivity index (χ2n) is 15.7. The Morgan fingerprint density at radius 3 is 1.38 bits per heavy atom. The lowest BCUT2D eigenvalue weighted by atomic mass is 9.99. The molecule has 1 heterocycles. The molecule has 1 rings (SSSR count). The van der Waals surface area contributed by atoms with Gasteiger partial charge >= 0.3 is 0 Å². The van der Waals surface area contributed by atoms with Gasteiger partial charge in [-0.25, -0.2) is 0 Å². The lowest BCUT2D eigenvalue weighted by molar-refractivity contribution is -0.302. The molecule has 1 amide bonds. The van der Waals surface area contributed by atoms with Crippen LogP contribution in [0.1, 0.15) is 206 Å². The van der Waals surface area contributed by atoms with Gasteiger partial charge in [-0.2, -0.15) is 0 Å². The van der Waals surface area contributed by atoms with Gasteiger partial charge < -0.3 is 40.0 Å². The fraction of sp³-hybridized carbons (Fsp3) is 0.977. The number of amides is 1. The molecule has 310 valence electrons. The average Bonchev–Trinajstić information content (AvgIpc) is 3.14. The quantitative estimate of drug-likeness (QED) is 0.0395. The van der Waals surface area contributed by atoms with E-state index >= 15 is 0 Å². The molecule has 5 N–H and O–H groups in total. The number of carbonyl (C=O) groups is 1. The first-order valence-corrected chi connectivity index (χ1v) is 22.2. The van der Waals surface area contributed by atoms with E-state index in [-0.39, 0.29) is 19.1 Å². The zero-order valence-electron chi connectivity index (χ0n) is 33.9. The van der Waals surface area contributed by atoms with Crippen molar-refractivity contribution in [1.29, 1.82) is 0 Å². The first-order valence-electron chi connectivity index (χ1n) is 22.2. The third kappa shape index (κ3) is 26.9. The first kappa shape index (κ1) is 49.2. The van der Waals surface area contributed by atoms with Crippen LogP contribution in [0.25, 0.3) is 0 Å². The average molecular weight is 744 g/mol. The molecule has 0 aromatic carbocycles. The molecule has 0 aliphatic carbocycles. The van der Waals surface area contributed by atoms with Gasteiger partial charge in [-0.05, 0) is 12.8 Å². The van der Waals surface area contributed by atoms with Gasteiger partial charge in [-0.3, -0.25) is 4.79 Å². The van der Waals surface area contributed by atoms with E-state index in [1.165, 1.54) is 154 Å². The number of hydrogen-bond donors (Lipinski definition) is 5. The number of rotatable bonds is 38. The van der Waals surface area contributed by atoms with E-state index in [4.69, 9.17) is 14.2 Å². The molecule has 9 heteroatoms. The molecule has 9 nitrogen and oxygen atoms in total. The van der Waals surface area contributed by atoms with Gasteiger partial charge in [0.15, 0.2) is 6.29 Å². The Labute approximate surface area is 319 Å². The lowest BCUT2D eigenvalue weighted by Gasteiger charge is -2.40. The van der Waals surface area contributed by atoms with Crippen molar-refractivity contribution in [3.63, 3.8) is 0 Å².